The Kier molecular flexibility index (Phi) is 6.52. The summed E-state index contributed by atoms with van der Waals surface area (Å²) in [5.41, 5.74) is 1.87. The van der Waals surface area contributed by atoms with Crippen molar-refractivity contribution in [1.29, 1.82) is 0 Å². The van der Waals surface area contributed by atoms with E-state index in [1.54, 1.807) is 31.4 Å². The zero-order valence-electron chi connectivity index (χ0n) is 16.5. The second-order valence-corrected chi connectivity index (χ2v) is 10.9. The summed E-state index contributed by atoms with van der Waals surface area (Å²) in [6, 6.07) is 7.56. The van der Waals surface area contributed by atoms with Gasteiger partial charge in [-0.15, -0.1) is 11.3 Å². The Morgan fingerprint density at radius 2 is 1.96 bits per heavy atom. The van der Waals surface area contributed by atoms with Crippen LogP contribution in [-0.4, -0.2) is 42.0 Å². The molecule has 1 atom stereocenters. The average Bonchev–Trinajstić information content (AvgIpc) is 3.21. The lowest BCUT2D eigenvalue weighted by molar-refractivity contribution is -0.126. The van der Waals surface area contributed by atoms with Crippen LogP contribution < -0.4 is 5.32 Å². The van der Waals surface area contributed by atoms with Gasteiger partial charge in [0.2, 0.25) is 15.9 Å². The molecule has 1 amide bonds. The minimum absolute atomic E-state index is 0.0370. The zero-order chi connectivity index (χ0) is 20.3. The van der Waals surface area contributed by atoms with Gasteiger partial charge in [0.15, 0.2) is 0 Å². The van der Waals surface area contributed by atoms with Crippen LogP contribution in [0.1, 0.15) is 48.9 Å². The molecule has 28 heavy (non-hydrogen) atoms. The van der Waals surface area contributed by atoms with Crippen LogP contribution >= 0.6 is 11.3 Å². The largest absolute Gasteiger partial charge is 0.343 e. The summed E-state index contributed by atoms with van der Waals surface area (Å²) in [5, 5.41) is 4.71. The van der Waals surface area contributed by atoms with E-state index in [4.69, 9.17) is 0 Å². The van der Waals surface area contributed by atoms with Gasteiger partial charge in [0.1, 0.15) is 6.04 Å². The van der Waals surface area contributed by atoms with Gasteiger partial charge in [-0.25, -0.2) is 12.7 Å². The van der Waals surface area contributed by atoms with E-state index in [-0.39, 0.29) is 17.9 Å². The normalized spacial score (nSPS) is 17.6. The average molecular weight is 422 g/mol. The minimum Gasteiger partial charge on any atom is -0.343 e. The highest BCUT2D eigenvalue weighted by atomic mass is 32.2. The van der Waals surface area contributed by atoms with E-state index < -0.39 is 15.3 Å². The highest BCUT2D eigenvalue weighted by molar-refractivity contribution is 7.89. The minimum atomic E-state index is -3.26. The lowest BCUT2D eigenvalue weighted by Gasteiger charge is -2.32. The van der Waals surface area contributed by atoms with Crippen molar-refractivity contribution in [2.45, 2.75) is 44.9 Å². The first kappa shape index (κ1) is 21.0. The van der Waals surface area contributed by atoms with E-state index in [0.717, 1.165) is 16.1 Å². The predicted molar refractivity (Wildman–Crippen MR) is 112 cm³/mol. The second kappa shape index (κ2) is 8.71. The van der Waals surface area contributed by atoms with Crippen LogP contribution in [0.3, 0.4) is 0 Å². The molecule has 0 radical (unpaired) electrons. The first-order valence-electron chi connectivity index (χ1n) is 9.55. The number of sulfonamides is 1. The Morgan fingerprint density at radius 3 is 2.54 bits per heavy atom. The van der Waals surface area contributed by atoms with Gasteiger partial charge in [-0.05, 0) is 56.7 Å². The third kappa shape index (κ3) is 4.45. The SMILES string of the molecule is Cc1cccnc1C(NC(=O)C1CCN(S(=O)(=O)C(C)C)CC1)c1cccs1. The number of piperidine rings is 1. The first-order valence-corrected chi connectivity index (χ1v) is 11.9. The van der Waals surface area contributed by atoms with E-state index in [1.807, 2.05) is 36.6 Å². The smallest absolute Gasteiger partial charge is 0.224 e. The number of aromatic nitrogens is 1. The van der Waals surface area contributed by atoms with E-state index in [1.165, 1.54) is 4.31 Å². The standard InChI is InChI=1S/C20H27N3O3S2/c1-14(2)28(25,26)23-11-8-16(9-12-23)20(24)22-19(17-7-5-13-27-17)18-15(3)6-4-10-21-18/h4-7,10,13-14,16,19H,8-9,11-12H2,1-3H3,(H,22,24). The Labute approximate surface area is 171 Å². The molecule has 3 heterocycles. The highest BCUT2D eigenvalue weighted by Crippen LogP contribution is 2.28. The van der Waals surface area contributed by atoms with Gasteiger partial charge >= 0.3 is 0 Å². The molecule has 2 aromatic heterocycles. The van der Waals surface area contributed by atoms with Gasteiger partial charge in [-0.1, -0.05) is 12.1 Å². The van der Waals surface area contributed by atoms with Crippen molar-refractivity contribution in [2.24, 2.45) is 5.92 Å². The third-order valence-corrected chi connectivity index (χ3v) is 8.43. The number of rotatable bonds is 6. The monoisotopic (exact) mass is 421 g/mol. The molecular weight excluding hydrogens is 394 g/mol. The highest BCUT2D eigenvalue weighted by Gasteiger charge is 2.33. The van der Waals surface area contributed by atoms with Gasteiger partial charge in [-0.2, -0.15) is 0 Å². The molecule has 3 rings (SSSR count). The number of carbonyl (C=O) groups is 1. The molecule has 1 N–H and O–H groups in total. The number of nitrogens with one attached hydrogen (secondary N) is 1. The fourth-order valence-electron chi connectivity index (χ4n) is 3.46. The number of pyridine rings is 1. The zero-order valence-corrected chi connectivity index (χ0v) is 18.1. The molecule has 1 fully saturated rings. The summed E-state index contributed by atoms with van der Waals surface area (Å²) in [5.74, 6) is -0.227. The summed E-state index contributed by atoms with van der Waals surface area (Å²) in [7, 11) is -3.26. The maximum atomic E-state index is 13.0. The Hall–Kier alpha value is -1.77. The van der Waals surface area contributed by atoms with Crippen LogP contribution in [0.25, 0.3) is 0 Å². The molecule has 1 unspecified atom stereocenters. The molecule has 0 bridgehead atoms. The molecule has 2 aromatic rings. The van der Waals surface area contributed by atoms with Crippen LogP contribution in [0.4, 0.5) is 0 Å². The van der Waals surface area contributed by atoms with E-state index in [2.05, 4.69) is 10.3 Å². The van der Waals surface area contributed by atoms with Crippen molar-refractivity contribution in [3.63, 3.8) is 0 Å². The van der Waals surface area contributed by atoms with Gasteiger partial charge in [0.25, 0.3) is 0 Å². The Morgan fingerprint density at radius 1 is 1.25 bits per heavy atom. The number of hydrogen-bond acceptors (Lipinski definition) is 5. The number of nitrogens with zero attached hydrogens (tertiary/aromatic N) is 2. The van der Waals surface area contributed by atoms with Crippen molar-refractivity contribution >= 4 is 27.3 Å². The van der Waals surface area contributed by atoms with Gasteiger partial charge in [0.05, 0.1) is 10.9 Å². The number of carbonyl (C=O) groups excluding carboxylic acids is 1. The number of aryl methyl sites for hydroxylation is 1. The van der Waals surface area contributed by atoms with Crippen LogP contribution in [0.2, 0.25) is 0 Å². The van der Waals surface area contributed by atoms with Gasteiger partial charge < -0.3 is 5.32 Å². The Balaban J connectivity index is 1.71. The lowest BCUT2D eigenvalue weighted by Crippen LogP contribution is -2.45. The number of amides is 1. The molecule has 1 saturated heterocycles. The van der Waals surface area contributed by atoms with Gasteiger partial charge in [0, 0.05) is 30.1 Å². The summed E-state index contributed by atoms with van der Waals surface area (Å²) < 4.78 is 26.2. The first-order chi connectivity index (χ1) is 13.3. The maximum absolute atomic E-state index is 13.0. The van der Waals surface area contributed by atoms with E-state index >= 15 is 0 Å². The molecule has 1 aliphatic rings. The molecule has 152 valence electrons. The molecule has 0 spiro atoms. The summed E-state index contributed by atoms with van der Waals surface area (Å²) in [6.07, 6.45) is 2.82. The van der Waals surface area contributed by atoms with Crippen LogP contribution in [-0.2, 0) is 14.8 Å². The van der Waals surface area contributed by atoms with Crippen LogP contribution in [0.15, 0.2) is 35.8 Å². The molecule has 1 aliphatic heterocycles. The maximum Gasteiger partial charge on any atom is 0.224 e. The van der Waals surface area contributed by atoms with Crippen molar-refractivity contribution in [2.75, 3.05) is 13.1 Å². The predicted octanol–water partition coefficient (Wildman–Crippen LogP) is 3.11. The lowest BCUT2D eigenvalue weighted by atomic mass is 9.96. The summed E-state index contributed by atoms with van der Waals surface area (Å²) >= 11 is 1.59. The molecule has 8 heteroatoms. The Bertz CT molecular complexity index is 903. The molecule has 0 aliphatic carbocycles. The van der Waals surface area contributed by atoms with E-state index in [0.29, 0.717) is 25.9 Å². The summed E-state index contributed by atoms with van der Waals surface area (Å²) in [4.78, 5) is 18.5. The van der Waals surface area contributed by atoms with Crippen LogP contribution in [0.5, 0.6) is 0 Å². The quantitative estimate of drug-likeness (QED) is 0.777. The van der Waals surface area contributed by atoms with Gasteiger partial charge in [-0.3, -0.25) is 9.78 Å². The molecule has 0 aromatic carbocycles. The van der Waals surface area contributed by atoms with Crippen molar-refractivity contribution in [3.8, 4) is 0 Å². The van der Waals surface area contributed by atoms with Crippen molar-refractivity contribution < 1.29 is 13.2 Å². The molecule has 6 nitrogen and oxygen atoms in total. The van der Waals surface area contributed by atoms with Crippen LogP contribution in [0, 0.1) is 12.8 Å². The topological polar surface area (TPSA) is 79.4 Å². The summed E-state index contributed by atoms with van der Waals surface area (Å²) in [6.45, 7) is 6.16. The fourth-order valence-corrected chi connectivity index (χ4v) is 5.55. The third-order valence-electron chi connectivity index (χ3n) is 5.22. The molecule has 0 saturated carbocycles. The fraction of sp³-hybridized carbons (Fsp3) is 0.500. The van der Waals surface area contributed by atoms with E-state index in [9.17, 15) is 13.2 Å². The second-order valence-electron chi connectivity index (χ2n) is 7.43. The number of hydrogen-bond donors (Lipinski definition) is 1. The van der Waals surface area contributed by atoms with Crippen molar-refractivity contribution in [1.82, 2.24) is 14.6 Å². The number of thiophene rings is 1. The molecular formula is C20H27N3O3S2. The van der Waals surface area contributed by atoms with Crippen molar-refractivity contribution in [3.05, 3.63) is 52.0 Å².